The Morgan fingerprint density at radius 3 is 2.36 bits per heavy atom. The Bertz CT molecular complexity index is 110. The highest BCUT2D eigenvalue weighted by atomic mass is 16.5. The first-order valence-corrected chi connectivity index (χ1v) is 3.80. The average molecular weight is 161 g/mol. The van der Waals surface area contributed by atoms with Gasteiger partial charge in [0, 0.05) is 20.2 Å². The standard InChI is InChI=1S/C7H15NO3/c1-11-7-2-8(3-7)6(4-9)5-10/h6-7,9-10H,2-5H2,1H3. The van der Waals surface area contributed by atoms with Crippen molar-refractivity contribution in [3.8, 4) is 0 Å². The molecular weight excluding hydrogens is 146 g/mol. The third-order valence-electron chi connectivity index (χ3n) is 2.15. The molecule has 0 atom stereocenters. The maximum absolute atomic E-state index is 8.78. The second-order valence-corrected chi connectivity index (χ2v) is 2.83. The Labute approximate surface area is 66.4 Å². The fourth-order valence-corrected chi connectivity index (χ4v) is 1.21. The molecule has 0 unspecified atom stereocenters. The van der Waals surface area contributed by atoms with Gasteiger partial charge < -0.3 is 14.9 Å². The molecule has 1 fully saturated rings. The lowest BCUT2D eigenvalue weighted by molar-refractivity contribution is -0.0706. The van der Waals surface area contributed by atoms with E-state index in [-0.39, 0.29) is 25.4 Å². The first kappa shape index (κ1) is 8.93. The van der Waals surface area contributed by atoms with Crippen molar-refractivity contribution in [1.29, 1.82) is 0 Å². The summed E-state index contributed by atoms with van der Waals surface area (Å²) in [6, 6.07) is -0.0959. The van der Waals surface area contributed by atoms with Crippen LogP contribution in [0.5, 0.6) is 0 Å². The summed E-state index contributed by atoms with van der Waals surface area (Å²) in [6.07, 6.45) is 0.288. The summed E-state index contributed by atoms with van der Waals surface area (Å²) in [7, 11) is 1.68. The van der Waals surface area contributed by atoms with Crippen LogP contribution in [0.3, 0.4) is 0 Å². The lowest BCUT2D eigenvalue weighted by Gasteiger charge is -2.42. The summed E-state index contributed by atoms with van der Waals surface area (Å²) in [5.41, 5.74) is 0. The van der Waals surface area contributed by atoms with Crippen LogP contribution in [0, 0.1) is 0 Å². The summed E-state index contributed by atoms with van der Waals surface area (Å²) in [4.78, 5) is 2.01. The van der Waals surface area contributed by atoms with Crippen molar-refractivity contribution in [3.05, 3.63) is 0 Å². The SMILES string of the molecule is COC1CN(C(CO)CO)C1. The third-order valence-corrected chi connectivity index (χ3v) is 2.15. The van der Waals surface area contributed by atoms with Crippen LogP contribution in [-0.2, 0) is 4.74 Å². The smallest absolute Gasteiger partial charge is 0.0825 e. The molecule has 11 heavy (non-hydrogen) atoms. The van der Waals surface area contributed by atoms with E-state index in [2.05, 4.69) is 0 Å². The molecule has 4 heteroatoms. The van der Waals surface area contributed by atoms with Gasteiger partial charge >= 0.3 is 0 Å². The molecule has 1 aliphatic rings. The van der Waals surface area contributed by atoms with Gasteiger partial charge in [-0.3, -0.25) is 4.90 Å². The fourth-order valence-electron chi connectivity index (χ4n) is 1.21. The first-order valence-electron chi connectivity index (χ1n) is 3.80. The molecule has 2 N–H and O–H groups in total. The van der Waals surface area contributed by atoms with Crippen LogP contribution in [0.15, 0.2) is 0 Å². The summed E-state index contributed by atoms with van der Waals surface area (Å²) in [5.74, 6) is 0. The first-order chi connectivity index (χ1) is 5.31. The van der Waals surface area contributed by atoms with E-state index in [1.54, 1.807) is 7.11 Å². The monoisotopic (exact) mass is 161 g/mol. The van der Waals surface area contributed by atoms with Gasteiger partial charge in [-0.2, -0.15) is 0 Å². The number of aliphatic hydroxyl groups excluding tert-OH is 2. The van der Waals surface area contributed by atoms with Crippen LogP contribution in [0.25, 0.3) is 0 Å². The second kappa shape index (κ2) is 4.01. The molecule has 66 valence electrons. The molecule has 4 nitrogen and oxygen atoms in total. The highest BCUT2D eigenvalue weighted by Crippen LogP contribution is 2.13. The van der Waals surface area contributed by atoms with E-state index >= 15 is 0 Å². The van der Waals surface area contributed by atoms with E-state index in [0.717, 1.165) is 13.1 Å². The third kappa shape index (κ3) is 1.90. The molecule has 0 spiro atoms. The minimum atomic E-state index is -0.0959. The van der Waals surface area contributed by atoms with Crippen LogP contribution >= 0.6 is 0 Å². The Kier molecular flexibility index (Phi) is 3.26. The van der Waals surface area contributed by atoms with E-state index in [9.17, 15) is 0 Å². The zero-order chi connectivity index (χ0) is 8.27. The lowest BCUT2D eigenvalue weighted by Crippen LogP contribution is -2.58. The van der Waals surface area contributed by atoms with Crippen LogP contribution < -0.4 is 0 Å². The minimum Gasteiger partial charge on any atom is -0.395 e. The van der Waals surface area contributed by atoms with Crippen molar-refractivity contribution in [1.82, 2.24) is 4.90 Å². The summed E-state index contributed by atoms with van der Waals surface area (Å²) in [6.45, 7) is 1.68. The largest absolute Gasteiger partial charge is 0.395 e. The van der Waals surface area contributed by atoms with Gasteiger partial charge in [-0.05, 0) is 0 Å². The van der Waals surface area contributed by atoms with Crippen molar-refractivity contribution < 1.29 is 14.9 Å². The fraction of sp³-hybridized carbons (Fsp3) is 1.00. The number of methoxy groups -OCH3 is 1. The highest BCUT2D eigenvalue weighted by Gasteiger charge is 2.31. The minimum absolute atomic E-state index is 0.0208. The molecular formula is C7H15NO3. The van der Waals surface area contributed by atoms with E-state index in [4.69, 9.17) is 14.9 Å². The number of rotatable bonds is 4. The normalized spacial score (nSPS) is 20.7. The van der Waals surface area contributed by atoms with Crippen molar-refractivity contribution in [3.63, 3.8) is 0 Å². The van der Waals surface area contributed by atoms with E-state index in [1.807, 2.05) is 4.90 Å². The Morgan fingerprint density at radius 1 is 1.45 bits per heavy atom. The van der Waals surface area contributed by atoms with Crippen molar-refractivity contribution in [2.24, 2.45) is 0 Å². The molecule has 0 aromatic heterocycles. The Morgan fingerprint density at radius 2 is 2.00 bits per heavy atom. The quantitative estimate of drug-likeness (QED) is 0.536. The average Bonchev–Trinajstić information content (AvgIpc) is 1.95. The van der Waals surface area contributed by atoms with Crippen molar-refractivity contribution >= 4 is 0 Å². The molecule has 0 saturated carbocycles. The van der Waals surface area contributed by atoms with E-state index in [1.165, 1.54) is 0 Å². The maximum Gasteiger partial charge on any atom is 0.0825 e. The van der Waals surface area contributed by atoms with E-state index < -0.39 is 0 Å². The second-order valence-electron chi connectivity index (χ2n) is 2.83. The molecule has 0 bridgehead atoms. The van der Waals surface area contributed by atoms with Gasteiger partial charge in [0.2, 0.25) is 0 Å². The Balaban J connectivity index is 2.19. The van der Waals surface area contributed by atoms with Gasteiger partial charge in [-0.1, -0.05) is 0 Å². The molecule has 0 aliphatic carbocycles. The van der Waals surface area contributed by atoms with Gasteiger partial charge in [-0.25, -0.2) is 0 Å². The molecule has 0 aromatic carbocycles. The molecule has 0 aromatic rings. The number of nitrogens with zero attached hydrogens (tertiary/aromatic N) is 1. The number of aliphatic hydroxyl groups is 2. The summed E-state index contributed by atoms with van der Waals surface area (Å²) < 4.78 is 5.05. The van der Waals surface area contributed by atoms with Crippen LogP contribution in [0.4, 0.5) is 0 Å². The lowest BCUT2D eigenvalue weighted by atomic mass is 10.1. The summed E-state index contributed by atoms with van der Waals surface area (Å²) in [5, 5.41) is 17.6. The number of hydrogen-bond donors (Lipinski definition) is 2. The van der Waals surface area contributed by atoms with E-state index in [0.29, 0.717) is 0 Å². The van der Waals surface area contributed by atoms with Crippen LogP contribution in [0.1, 0.15) is 0 Å². The number of ether oxygens (including phenoxy) is 1. The topological polar surface area (TPSA) is 52.9 Å². The molecule has 0 amide bonds. The molecule has 1 rings (SSSR count). The number of likely N-dealkylation sites (tertiary alicyclic amines) is 1. The van der Waals surface area contributed by atoms with Crippen molar-refractivity contribution in [2.45, 2.75) is 12.1 Å². The maximum atomic E-state index is 8.78. The highest BCUT2D eigenvalue weighted by molar-refractivity contribution is 4.85. The Hall–Kier alpha value is -0.160. The van der Waals surface area contributed by atoms with Gasteiger partial charge in [0.05, 0.1) is 25.4 Å². The zero-order valence-electron chi connectivity index (χ0n) is 6.73. The van der Waals surface area contributed by atoms with Gasteiger partial charge in [0.15, 0.2) is 0 Å². The van der Waals surface area contributed by atoms with Crippen LogP contribution in [-0.4, -0.2) is 60.7 Å². The zero-order valence-corrected chi connectivity index (χ0v) is 6.73. The van der Waals surface area contributed by atoms with Gasteiger partial charge in [-0.15, -0.1) is 0 Å². The predicted molar refractivity (Wildman–Crippen MR) is 40.3 cm³/mol. The van der Waals surface area contributed by atoms with Gasteiger partial charge in [0.25, 0.3) is 0 Å². The molecule has 0 radical (unpaired) electrons. The molecule has 1 heterocycles. The molecule has 1 saturated heterocycles. The van der Waals surface area contributed by atoms with Crippen molar-refractivity contribution in [2.75, 3.05) is 33.4 Å². The summed E-state index contributed by atoms with van der Waals surface area (Å²) >= 11 is 0. The van der Waals surface area contributed by atoms with Gasteiger partial charge in [0.1, 0.15) is 0 Å². The predicted octanol–water partition coefficient (Wildman–Crippen LogP) is -1.33. The number of hydrogen-bond acceptors (Lipinski definition) is 4. The molecule has 1 aliphatic heterocycles. The van der Waals surface area contributed by atoms with Crippen LogP contribution in [0.2, 0.25) is 0 Å².